The number of anilines is 1. The maximum absolute atomic E-state index is 5.40. The Morgan fingerprint density at radius 1 is 1.16 bits per heavy atom. The van der Waals surface area contributed by atoms with Crippen molar-refractivity contribution in [2.75, 3.05) is 44.7 Å². The van der Waals surface area contributed by atoms with Crippen molar-refractivity contribution >= 4 is 27.4 Å². The molecule has 6 heteroatoms. The number of fused-ring (bicyclic) bond motifs is 1. The summed E-state index contributed by atoms with van der Waals surface area (Å²) in [4.78, 5) is 13.9. The van der Waals surface area contributed by atoms with Gasteiger partial charge in [0.2, 0.25) is 0 Å². The number of hydrogen-bond acceptors (Lipinski definition) is 6. The Balaban J connectivity index is 1.54. The molecule has 1 aliphatic rings. The van der Waals surface area contributed by atoms with Crippen LogP contribution in [0.5, 0.6) is 0 Å². The molecular formula is C19H22N4OS. The lowest BCUT2D eigenvalue weighted by molar-refractivity contribution is 0.0398. The molecule has 0 radical (unpaired) electrons. The smallest absolute Gasteiger partial charge is 0.138 e. The topological polar surface area (TPSA) is 50.3 Å². The molecule has 0 atom stereocenters. The molecule has 0 aliphatic carbocycles. The average Bonchev–Trinajstić information content (AvgIpc) is 3.07. The van der Waals surface area contributed by atoms with Crippen LogP contribution in [0.1, 0.15) is 5.82 Å². The maximum atomic E-state index is 5.40. The molecule has 0 unspecified atom stereocenters. The van der Waals surface area contributed by atoms with Gasteiger partial charge in [0.15, 0.2) is 0 Å². The highest BCUT2D eigenvalue weighted by molar-refractivity contribution is 7.21. The first-order chi connectivity index (χ1) is 12.3. The monoisotopic (exact) mass is 354 g/mol. The molecule has 0 amide bonds. The van der Waals surface area contributed by atoms with Crippen LogP contribution in [0.3, 0.4) is 0 Å². The summed E-state index contributed by atoms with van der Waals surface area (Å²) in [6.07, 6.45) is 0. The van der Waals surface area contributed by atoms with E-state index >= 15 is 0 Å². The summed E-state index contributed by atoms with van der Waals surface area (Å²) in [5.41, 5.74) is 1.22. The van der Waals surface area contributed by atoms with Gasteiger partial charge in [-0.2, -0.15) is 0 Å². The highest BCUT2D eigenvalue weighted by Gasteiger charge is 2.13. The summed E-state index contributed by atoms with van der Waals surface area (Å²) in [5, 5.41) is 4.62. The Kier molecular flexibility index (Phi) is 4.92. The molecule has 2 aromatic heterocycles. The number of ether oxygens (including phenoxy) is 1. The molecule has 3 aromatic rings. The number of aryl methyl sites for hydroxylation is 1. The summed E-state index contributed by atoms with van der Waals surface area (Å²) in [6, 6.07) is 12.6. The largest absolute Gasteiger partial charge is 0.379 e. The van der Waals surface area contributed by atoms with Gasteiger partial charge in [-0.05, 0) is 18.6 Å². The van der Waals surface area contributed by atoms with Gasteiger partial charge < -0.3 is 10.1 Å². The van der Waals surface area contributed by atoms with E-state index < -0.39 is 0 Å². The second kappa shape index (κ2) is 7.47. The zero-order chi connectivity index (χ0) is 17.1. The Morgan fingerprint density at radius 2 is 1.96 bits per heavy atom. The van der Waals surface area contributed by atoms with E-state index in [2.05, 4.69) is 50.5 Å². The summed E-state index contributed by atoms with van der Waals surface area (Å²) in [7, 11) is 0. The molecule has 3 heterocycles. The standard InChI is InChI=1S/C19H22N4OS/c1-14-21-18(20-7-8-23-9-11-24-12-10-23)16-13-17(25-19(16)22-14)15-5-3-2-4-6-15/h2-6,13H,7-12H2,1H3,(H,20,21,22). The Bertz CT molecular complexity index is 843. The third-order valence-corrected chi connectivity index (χ3v) is 5.47. The fourth-order valence-electron chi connectivity index (χ4n) is 3.06. The highest BCUT2D eigenvalue weighted by atomic mass is 32.1. The van der Waals surface area contributed by atoms with Gasteiger partial charge in [-0.15, -0.1) is 11.3 Å². The average molecular weight is 354 g/mol. The highest BCUT2D eigenvalue weighted by Crippen LogP contribution is 2.35. The molecule has 0 saturated carbocycles. The zero-order valence-corrected chi connectivity index (χ0v) is 15.2. The second-order valence-electron chi connectivity index (χ2n) is 6.20. The minimum Gasteiger partial charge on any atom is -0.379 e. The lowest BCUT2D eigenvalue weighted by Crippen LogP contribution is -2.39. The Morgan fingerprint density at radius 3 is 2.76 bits per heavy atom. The Labute approximate surface area is 151 Å². The molecule has 25 heavy (non-hydrogen) atoms. The van der Waals surface area contributed by atoms with Crippen molar-refractivity contribution < 1.29 is 4.74 Å². The van der Waals surface area contributed by atoms with Crippen molar-refractivity contribution in [3.63, 3.8) is 0 Å². The van der Waals surface area contributed by atoms with Crippen molar-refractivity contribution in [1.82, 2.24) is 14.9 Å². The van der Waals surface area contributed by atoms with Gasteiger partial charge in [-0.1, -0.05) is 30.3 Å². The van der Waals surface area contributed by atoms with Crippen LogP contribution in [0.4, 0.5) is 5.82 Å². The van der Waals surface area contributed by atoms with Crippen LogP contribution in [0.2, 0.25) is 0 Å². The van der Waals surface area contributed by atoms with Gasteiger partial charge in [0, 0.05) is 31.1 Å². The molecule has 1 aromatic carbocycles. The molecule has 4 rings (SSSR count). The molecular weight excluding hydrogens is 332 g/mol. The number of morpholine rings is 1. The number of benzene rings is 1. The van der Waals surface area contributed by atoms with Crippen molar-refractivity contribution in [2.45, 2.75) is 6.92 Å². The van der Waals surface area contributed by atoms with E-state index in [1.54, 1.807) is 11.3 Å². The molecule has 0 spiro atoms. The number of rotatable bonds is 5. The van der Waals surface area contributed by atoms with Crippen LogP contribution in [0.25, 0.3) is 20.7 Å². The SMILES string of the molecule is Cc1nc(NCCN2CCOCC2)c2cc(-c3ccccc3)sc2n1. The minimum absolute atomic E-state index is 0.808. The normalized spacial score (nSPS) is 15.6. The summed E-state index contributed by atoms with van der Waals surface area (Å²) in [6.45, 7) is 7.52. The predicted octanol–water partition coefficient (Wildman–Crippen LogP) is 3.41. The lowest BCUT2D eigenvalue weighted by atomic mass is 10.2. The van der Waals surface area contributed by atoms with E-state index in [0.29, 0.717) is 0 Å². The van der Waals surface area contributed by atoms with E-state index in [9.17, 15) is 0 Å². The van der Waals surface area contributed by atoms with Gasteiger partial charge in [0.25, 0.3) is 0 Å². The molecule has 1 aliphatic heterocycles. The fraction of sp³-hybridized carbons (Fsp3) is 0.368. The van der Waals surface area contributed by atoms with E-state index in [0.717, 1.165) is 61.3 Å². The number of aromatic nitrogens is 2. The van der Waals surface area contributed by atoms with Gasteiger partial charge in [-0.3, -0.25) is 4.90 Å². The molecule has 130 valence electrons. The first kappa shape index (κ1) is 16.4. The fourth-order valence-corrected chi connectivity index (χ4v) is 4.15. The number of hydrogen-bond donors (Lipinski definition) is 1. The van der Waals surface area contributed by atoms with E-state index in [1.807, 2.05) is 13.0 Å². The Hall–Kier alpha value is -2.02. The van der Waals surface area contributed by atoms with Crippen LogP contribution in [-0.2, 0) is 4.74 Å². The number of nitrogens with one attached hydrogen (secondary N) is 1. The molecule has 1 N–H and O–H groups in total. The first-order valence-corrected chi connectivity index (χ1v) is 9.49. The van der Waals surface area contributed by atoms with Gasteiger partial charge in [0.05, 0.1) is 18.6 Å². The van der Waals surface area contributed by atoms with E-state index in [-0.39, 0.29) is 0 Å². The van der Waals surface area contributed by atoms with Gasteiger partial charge in [-0.25, -0.2) is 9.97 Å². The molecule has 1 saturated heterocycles. The number of thiophene rings is 1. The molecule has 0 bridgehead atoms. The van der Waals surface area contributed by atoms with Gasteiger partial charge >= 0.3 is 0 Å². The van der Waals surface area contributed by atoms with E-state index in [1.165, 1.54) is 10.4 Å². The minimum atomic E-state index is 0.808. The van der Waals surface area contributed by atoms with Crippen LogP contribution in [0, 0.1) is 6.92 Å². The zero-order valence-electron chi connectivity index (χ0n) is 14.4. The summed E-state index contributed by atoms with van der Waals surface area (Å²) >= 11 is 1.72. The summed E-state index contributed by atoms with van der Waals surface area (Å²) in [5.74, 6) is 1.75. The van der Waals surface area contributed by atoms with Crippen molar-refractivity contribution in [2.24, 2.45) is 0 Å². The molecule has 5 nitrogen and oxygen atoms in total. The third kappa shape index (κ3) is 3.81. The maximum Gasteiger partial charge on any atom is 0.138 e. The second-order valence-corrected chi connectivity index (χ2v) is 7.23. The third-order valence-electron chi connectivity index (χ3n) is 4.39. The predicted molar refractivity (Wildman–Crippen MR) is 103 cm³/mol. The van der Waals surface area contributed by atoms with Crippen molar-refractivity contribution in [1.29, 1.82) is 0 Å². The van der Waals surface area contributed by atoms with Crippen molar-refractivity contribution in [3.05, 3.63) is 42.2 Å². The van der Waals surface area contributed by atoms with Crippen LogP contribution < -0.4 is 5.32 Å². The van der Waals surface area contributed by atoms with E-state index in [4.69, 9.17) is 4.74 Å². The first-order valence-electron chi connectivity index (χ1n) is 8.67. The van der Waals surface area contributed by atoms with Crippen molar-refractivity contribution in [3.8, 4) is 10.4 Å². The van der Waals surface area contributed by atoms with Crippen LogP contribution in [0.15, 0.2) is 36.4 Å². The molecule has 1 fully saturated rings. The number of nitrogens with zero attached hydrogens (tertiary/aromatic N) is 3. The summed E-state index contributed by atoms with van der Waals surface area (Å²) < 4.78 is 5.40. The quantitative estimate of drug-likeness (QED) is 0.761. The lowest BCUT2D eigenvalue weighted by Gasteiger charge is -2.26. The van der Waals surface area contributed by atoms with Crippen LogP contribution in [-0.4, -0.2) is 54.3 Å². The van der Waals surface area contributed by atoms with Crippen LogP contribution >= 0.6 is 11.3 Å². The van der Waals surface area contributed by atoms with Gasteiger partial charge in [0.1, 0.15) is 16.5 Å².